The van der Waals surface area contributed by atoms with Crippen LogP contribution in [-0.2, 0) is 11.0 Å². The van der Waals surface area contributed by atoms with Crippen LogP contribution in [0.2, 0.25) is 0 Å². The van der Waals surface area contributed by atoms with E-state index in [2.05, 4.69) is 5.32 Å². The molecule has 0 radical (unpaired) electrons. The van der Waals surface area contributed by atoms with Crippen LogP contribution in [0.3, 0.4) is 0 Å². The molecule has 1 aliphatic carbocycles. The van der Waals surface area contributed by atoms with Crippen LogP contribution in [-0.4, -0.2) is 50.1 Å². The summed E-state index contributed by atoms with van der Waals surface area (Å²) in [7, 11) is 0. The van der Waals surface area contributed by atoms with Gasteiger partial charge in [-0.15, -0.1) is 0 Å². The fourth-order valence-corrected chi connectivity index (χ4v) is 4.20. The summed E-state index contributed by atoms with van der Waals surface area (Å²) < 4.78 is 37.9. The number of nitrogens with one attached hydrogen (secondary N) is 1. The van der Waals surface area contributed by atoms with Gasteiger partial charge in [0.15, 0.2) is 0 Å². The number of anilines is 1. The van der Waals surface area contributed by atoms with E-state index in [1.807, 2.05) is 9.80 Å². The predicted molar refractivity (Wildman–Crippen MR) is 88.3 cm³/mol. The van der Waals surface area contributed by atoms with Crippen molar-refractivity contribution in [2.45, 2.75) is 19.0 Å². The van der Waals surface area contributed by atoms with E-state index in [0.29, 0.717) is 26.2 Å². The summed E-state index contributed by atoms with van der Waals surface area (Å²) in [6, 6.07) is 5.27. The van der Waals surface area contributed by atoms with E-state index in [9.17, 15) is 18.0 Å². The molecule has 2 saturated heterocycles. The van der Waals surface area contributed by atoms with Gasteiger partial charge in [0.25, 0.3) is 0 Å². The van der Waals surface area contributed by atoms with Crippen molar-refractivity contribution >= 4 is 11.6 Å². The van der Waals surface area contributed by atoms with E-state index in [4.69, 9.17) is 0 Å². The SMILES string of the molecule is O=C(C1CC12CCNC2)N1CCN(c2ccc(C(F)(F)F)cc2)CC1. The summed E-state index contributed by atoms with van der Waals surface area (Å²) in [4.78, 5) is 16.6. The van der Waals surface area contributed by atoms with Crippen LogP contribution in [0.4, 0.5) is 18.9 Å². The Morgan fingerprint density at radius 2 is 1.80 bits per heavy atom. The molecule has 7 heteroatoms. The van der Waals surface area contributed by atoms with Gasteiger partial charge in [0.2, 0.25) is 5.91 Å². The molecule has 2 heterocycles. The highest BCUT2D eigenvalue weighted by molar-refractivity contribution is 5.83. The fourth-order valence-electron chi connectivity index (χ4n) is 4.20. The van der Waals surface area contributed by atoms with Crippen LogP contribution in [0.25, 0.3) is 0 Å². The van der Waals surface area contributed by atoms with Gasteiger partial charge in [-0.1, -0.05) is 0 Å². The number of carbonyl (C=O) groups excluding carboxylic acids is 1. The van der Waals surface area contributed by atoms with Gasteiger partial charge in [0.05, 0.1) is 5.56 Å². The normalized spacial score (nSPS) is 29.3. The number of hydrogen-bond donors (Lipinski definition) is 1. The maximum absolute atomic E-state index is 12.7. The van der Waals surface area contributed by atoms with Gasteiger partial charge < -0.3 is 15.1 Å². The Bertz CT molecular complexity index is 645. The summed E-state index contributed by atoms with van der Waals surface area (Å²) in [5.74, 6) is 0.427. The third-order valence-corrected chi connectivity index (χ3v) is 5.92. The monoisotopic (exact) mass is 353 g/mol. The van der Waals surface area contributed by atoms with Crippen molar-refractivity contribution in [3.8, 4) is 0 Å². The van der Waals surface area contributed by atoms with Gasteiger partial charge in [-0.25, -0.2) is 0 Å². The van der Waals surface area contributed by atoms with Crippen molar-refractivity contribution < 1.29 is 18.0 Å². The van der Waals surface area contributed by atoms with Gasteiger partial charge in [0, 0.05) is 44.3 Å². The molecule has 2 aliphatic heterocycles. The first-order valence-corrected chi connectivity index (χ1v) is 8.81. The number of piperazine rings is 1. The minimum Gasteiger partial charge on any atom is -0.368 e. The fraction of sp³-hybridized carbons (Fsp3) is 0.611. The lowest BCUT2D eigenvalue weighted by molar-refractivity contribution is -0.137. The lowest BCUT2D eigenvalue weighted by Crippen LogP contribution is -2.49. The third-order valence-electron chi connectivity index (χ3n) is 5.92. The molecular formula is C18H22F3N3O. The Hall–Kier alpha value is -1.76. The summed E-state index contributed by atoms with van der Waals surface area (Å²) in [6.07, 6.45) is -2.22. The Labute approximate surface area is 145 Å². The molecule has 3 fully saturated rings. The molecule has 0 bridgehead atoms. The molecule has 2 unspecified atom stereocenters. The highest BCUT2D eigenvalue weighted by Crippen LogP contribution is 2.57. The first-order valence-electron chi connectivity index (χ1n) is 8.81. The number of carbonyl (C=O) groups is 1. The standard InChI is InChI=1S/C18H22F3N3O/c19-18(20,21)13-1-3-14(4-2-13)23-7-9-24(10-8-23)16(25)15-11-17(15)5-6-22-12-17/h1-4,15,22H,5-12H2. The van der Waals surface area contributed by atoms with Gasteiger partial charge in [0.1, 0.15) is 0 Å². The van der Waals surface area contributed by atoms with Crippen molar-refractivity contribution in [1.82, 2.24) is 10.2 Å². The number of benzene rings is 1. The zero-order chi connectivity index (χ0) is 17.7. The smallest absolute Gasteiger partial charge is 0.368 e. The molecule has 4 rings (SSSR count). The van der Waals surface area contributed by atoms with Gasteiger partial charge in [-0.05, 0) is 49.1 Å². The Morgan fingerprint density at radius 3 is 2.36 bits per heavy atom. The van der Waals surface area contributed by atoms with Crippen LogP contribution >= 0.6 is 0 Å². The zero-order valence-electron chi connectivity index (χ0n) is 14.0. The number of halogens is 3. The van der Waals surface area contributed by atoms with Gasteiger partial charge >= 0.3 is 6.18 Å². The molecule has 1 aromatic carbocycles. The van der Waals surface area contributed by atoms with E-state index in [1.165, 1.54) is 12.1 Å². The molecule has 136 valence electrons. The van der Waals surface area contributed by atoms with E-state index in [0.717, 1.165) is 43.8 Å². The van der Waals surface area contributed by atoms with E-state index in [1.54, 1.807) is 0 Å². The first kappa shape index (κ1) is 16.7. The van der Waals surface area contributed by atoms with E-state index >= 15 is 0 Å². The van der Waals surface area contributed by atoms with Crippen molar-refractivity contribution in [1.29, 1.82) is 0 Å². The number of rotatable bonds is 2. The zero-order valence-corrected chi connectivity index (χ0v) is 14.0. The third kappa shape index (κ3) is 3.10. The molecule has 1 aromatic rings. The molecule has 1 amide bonds. The molecule has 4 nitrogen and oxygen atoms in total. The molecule has 2 atom stereocenters. The lowest BCUT2D eigenvalue weighted by atomic mass is 10.0. The summed E-state index contributed by atoms with van der Waals surface area (Å²) in [5.41, 5.74) is 0.360. The predicted octanol–water partition coefficient (Wildman–Crippen LogP) is 2.35. The second kappa shape index (κ2) is 5.90. The van der Waals surface area contributed by atoms with Crippen LogP contribution in [0.1, 0.15) is 18.4 Å². The molecule has 1 spiro atoms. The van der Waals surface area contributed by atoms with Gasteiger partial charge in [-0.3, -0.25) is 4.79 Å². The van der Waals surface area contributed by atoms with E-state index in [-0.39, 0.29) is 17.2 Å². The maximum atomic E-state index is 12.7. The number of hydrogen-bond acceptors (Lipinski definition) is 3. The average molecular weight is 353 g/mol. The molecule has 0 aromatic heterocycles. The Kier molecular flexibility index (Phi) is 3.94. The highest BCUT2D eigenvalue weighted by atomic mass is 19.4. The topological polar surface area (TPSA) is 35.6 Å². The Balaban J connectivity index is 1.33. The summed E-state index contributed by atoms with van der Waals surface area (Å²) in [5, 5.41) is 3.35. The lowest BCUT2D eigenvalue weighted by Gasteiger charge is -2.36. The quantitative estimate of drug-likeness (QED) is 0.887. The highest BCUT2D eigenvalue weighted by Gasteiger charge is 2.59. The van der Waals surface area contributed by atoms with Crippen LogP contribution < -0.4 is 10.2 Å². The van der Waals surface area contributed by atoms with Crippen molar-refractivity contribution in [2.75, 3.05) is 44.2 Å². The minimum absolute atomic E-state index is 0.167. The molecule has 1 N–H and O–H groups in total. The van der Waals surface area contributed by atoms with Crippen LogP contribution in [0.5, 0.6) is 0 Å². The summed E-state index contributed by atoms with van der Waals surface area (Å²) in [6.45, 7) is 4.56. The number of nitrogens with zero attached hydrogens (tertiary/aromatic N) is 2. The molecular weight excluding hydrogens is 331 g/mol. The average Bonchev–Trinajstić information content (AvgIpc) is 3.10. The summed E-state index contributed by atoms with van der Waals surface area (Å²) >= 11 is 0. The molecule has 3 aliphatic rings. The second-order valence-corrected chi connectivity index (χ2v) is 7.40. The number of amides is 1. The van der Waals surface area contributed by atoms with Gasteiger partial charge in [-0.2, -0.15) is 13.2 Å². The molecule has 1 saturated carbocycles. The van der Waals surface area contributed by atoms with Crippen LogP contribution in [0.15, 0.2) is 24.3 Å². The van der Waals surface area contributed by atoms with Crippen LogP contribution in [0, 0.1) is 11.3 Å². The van der Waals surface area contributed by atoms with Crippen molar-refractivity contribution in [3.63, 3.8) is 0 Å². The second-order valence-electron chi connectivity index (χ2n) is 7.40. The number of alkyl halides is 3. The first-order chi connectivity index (χ1) is 11.9. The largest absolute Gasteiger partial charge is 0.416 e. The Morgan fingerprint density at radius 1 is 1.12 bits per heavy atom. The van der Waals surface area contributed by atoms with Crippen molar-refractivity contribution in [2.24, 2.45) is 11.3 Å². The van der Waals surface area contributed by atoms with E-state index < -0.39 is 11.7 Å². The van der Waals surface area contributed by atoms with Crippen molar-refractivity contribution in [3.05, 3.63) is 29.8 Å². The minimum atomic E-state index is -4.31. The maximum Gasteiger partial charge on any atom is 0.416 e. The molecule has 25 heavy (non-hydrogen) atoms.